The molecule has 0 aromatic heterocycles. The van der Waals surface area contributed by atoms with Gasteiger partial charge in [-0.15, -0.1) is 0 Å². The van der Waals surface area contributed by atoms with E-state index >= 15 is 0 Å². The van der Waals surface area contributed by atoms with E-state index in [1.54, 1.807) is 18.2 Å². The molecule has 2 rings (SSSR count). The Labute approximate surface area is 118 Å². The molecule has 2 aromatic carbocycles. The lowest BCUT2D eigenvalue weighted by atomic mass is 10.2. The van der Waals surface area contributed by atoms with Gasteiger partial charge < -0.3 is 9.47 Å². The highest BCUT2D eigenvalue weighted by molar-refractivity contribution is 5.88. The summed E-state index contributed by atoms with van der Waals surface area (Å²) in [6.07, 6.45) is 3.11. The molecular weight excluding hydrogens is 252 g/mol. The average molecular weight is 268 g/mol. The molecule has 102 valence electrons. The van der Waals surface area contributed by atoms with Crippen molar-refractivity contribution in [2.75, 3.05) is 6.61 Å². The Balaban J connectivity index is 1.93. The van der Waals surface area contributed by atoms with E-state index in [9.17, 15) is 4.79 Å². The first kappa shape index (κ1) is 13.9. The molecule has 3 nitrogen and oxygen atoms in total. The normalized spacial score (nSPS) is 10.4. The highest BCUT2D eigenvalue weighted by Gasteiger charge is 1.99. The maximum absolute atomic E-state index is 11.6. The second-order valence-corrected chi connectivity index (χ2v) is 4.07. The van der Waals surface area contributed by atoms with Gasteiger partial charge >= 0.3 is 5.97 Å². The predicted molar refractivity (Wildman–Crippen MR) is 78.7 cm³/mol. The van der Waals surface area contributed by atoms with Crippen LogP contribution in [-0.4, -0.2) is 12.6 Å². The van der Waals surface area contributed by atoms with Crippen molar-refractivity contribution in [1.82, 2.24) is 0 Å². The van der Waals surface area contributed by atoms with E-state index in [1.807, 2.05) is 49.4 Å². The first-order chi connectivity index (χ1) is 9.78. The van der Waals surface area contributed by atoms with E-state index in [0.717, 1.165) is 11.3 Å². The van der Waals surface area contributed by atoms with E-state index < -0.39 is 5.97 Å². The standard InChI is InChI=1S/C17H16O3/c1-2-19-15-11-8-14(9-12-15)10-13-17(18)20-16-6-4-3-5-7-16/h3-13H,2H2,1H3/b13-10+. The lowest BCUT2D eigenvalue weighted by Crippen LogP contribution is -2.03. The quantitative estimate of drug-likeness (QED) is 0.471. The van der Waals surface area contributed by atoms with E-state index in [0.29, 0.717) is 12.4 Å². The lowest BCUT2D eigenvalue weighted by molar-refractivity contribution is -0.128. The third kappa shape index (κ3) is 4.28. The highest BCUT2D eigenvalue weighted by atomic mass is 16.5. The van der Waals surface area contributed by atoms with Gasteiger partial charge in [0.25, 0.3) is 0 Å². The summed E-state index contributed by atoms with van der Waals surface area (Å²) in [4.78, 5) is 11.6. The molecule has 0 aliphatic carbocycles. The Kier molecular flexibility index (Phi) is 4.95. The molecule has 0 N–H and O–H groups in total. The number of para-hydroxylation sites is 1. The summed E-state index contributed by atoms with van der Waals surface area (Å²) in [6.45, 7) is 2.58. The maximum Gasteiger partial charge on any atom is 0.336 e. The zero-order valence-corrected chi connectivity index (χ0v) is 11.3. The van der Waals surface area contributed by atoms with E-state index in [2.05, 4.69) is 0 Å². The van der Waals surface area contributed by atoms with Crippen molar-refractivity contribution in [2.45, 2.75) is 6.92 Å². The molecule has 0 amide bonds. The Morgan fingerprint density at radius 2 is 1.70 bits per heavy atom. The molecule has 0 radical (unpaired) electrons. The molecular formula is C17H16O3. The monoisotopic (exact) mass is 268 g/mol. The van der Waals surface area contributed by atoms with Crippen molar-refractivity contribution >= 4 is 12.0 Å². The SMILES string of the molecule is CCOc1ccc(/C=C/C(=O)Oc2ccccc2)cc1. The van der Waals surface area contributed by atoms with Gasteiger partial charge in [0.15, 0.2) is 0 Å². The van der Waals surface area contributed by atoms with Gasteiger partial charge in [0, 0.05) is 6.08 Å². The van der Waals surface area contributed by atoms with Crippen LogP contribution in [0, 0.1) is 0 Å². The van der Waals surface area contributed by atoms with Gasteiger partial charge in [-0.05, 0) is 42.8 Å². The van der Waals surface area contributed by atoms with Gasteiger partial charge in [-0.25, -0.2) is 4.79 Å². The molecule has 0 bridgehead atoms. The number of hydrogen-bond acceptors (Lipinski definition) is 3. The van der Waals surface area contributed by atoms with Crippen LogP contribution in [0.5, 0.6) is 11.5 Å². The van der Waals surface area contributed by atoms with Gasteiger partial charge in [-0.1, -0.05) is 30.3 Å². The van der Waals surface area contributed by atoms with Crippen LogP contribution in [-0.2, 0) is 4.79 Å². The zero-order valence-electron chi connectivity index (χ0n) is 11.3. The summed E-state index contributed by atoms with van der Waals surface area (Å²) in [5, 5.41) is 0. The van der Waals surface area contributed by atoms with Gasteiger partial charge in [-0.2, -0.15) is 0 Å². The fraction of sp³-hybridized carbons (Fsp3) is 0.118. The van der Waals surface area contributed by atoms with Gasteiger partial charge in [0.05, 0.1) is 6.61 Å². The third-order valence-electron chi connectivity index (χ3n) is 2.56. The van der Waals surface area contributed by atoms with Gasteiger partial charge in [0.1, 0.15) is 11.5 Å². The molecule has 0 aliphatic rings. The van der Waals surface area contributed by atoms with Crippen LogP contribution in [0.25, 0.3) is 6.08 Å². The Morgan fingerprint density at radius 3 is 2.35 bits per heavy atom. The third-order valence-corrected chi connectivity index (χ3v) is 2.56. The molecule has 0 fully saturated rings. The number of hydrogen-bond donors (Lipinski definition) is 0. The van der Waals surface area contributed by atoms with Crippen LogP contribution >= 0.6 is 0 Å². The van der Waals surface area contributed by atoms with Gasteiger partial charge in [-0.3, -0.25) is 0 Å². The summed E-state index contributed by atoms with van der Waals surface area (Å²) in [5.41, 5.74) is 0.915. The Bertz CT molecular complexity index is 571. The van der Waals surface area contributed by atoms with Crippen LogP contribution in [0.2, 0.25) is 0 Å². The number of benzene rings is 2. The van der Waals surface area contributed by atoms with Crippen LogP contribution in [0.15, 0.2) is 60.7 Å². The fourth-order valence-corrected chi connectivity index (χ4v) is 1.64. The Morgan fingerprint density at radius 1 is 1.00 bits per heavy atom. The highest BCUT2D eigenvalue weighted by Crippen LogP contribution is 2.13. The van der Waals surface area contributed by atoms with Crippen molar-refractivity contribution < 1.29 is 14.3 Å². The molecule has 0 atom stereocenters. The van der Waals surface area contributed by atoms with E-state index in [1.165, 1.54) is 6.08 Å². The summed E-state index contributed by atoms with van der Waals surface area (Å²) >= 11 is 0. The average Bonchev–Trinajstić information content (AvgIpc) is 2.48. The zero-order chi connectivity index (χ0) is 14.2. The molecule has 0 spiro atoms. The van der Waals surface area contributed by atoms with Crippen LogP contribution in [0.4, 0.5) is 0 Å². The smallest absolute Gasteiger partial charge is 0.336 e. The van der Waals surface area contributed by atoms with Crippen molar-refractivity contribution in [3.63, 3.8) is 0 Å². The molecule has 0 saturated heterocycles. The second kappa shape index (κ2) is 7.14. The van der Waals surface area contributed by atoms with Crippen LogP contribution in [0.3, 0.4) is 0 Å². The summed E-state index contributed by atoms with van der Waals surface area (Å²) in [6, 6.07) is 16.5. The minimum absolute atomic E-state index is 0.398. The number of ether oxygens (including phenoxy) is 2. The summed E-state index contributed by atoms with van der Waals surface area (Å²) in [7, 11) is 0. The number of esters is 1. The first-order valence-corrected chi connectivity index (χ1v) is 6.46. The molecule has 0 heterocycles. The second-order valence-electron chi connectivity index (χ2n) is 4.07. The number of carbonyl (C=O) groups is 1. The van der Waals surface area contributed by atoms with Crippen molar-refractivity contribution in [2.24, 2.45) is 0 Å². The van der Waals surface area contributed by atoms with Crippen molar-refractivity contribution in [3.8, 4) is 11.5 Å². The minimum atomic E-state index is -0.398. The van der Waals surface area contributed by atoms with Crippen LogP contribution < -0.4 is 9.47 Å². The largest absolute Gasteiger partial charge is 0.494 e. The Hall–Kier alpha value is -2.55. The van der Waals surface area contributed by atoms with Gasteiger partial charge in [0.2, 0.25) is 0 Å². The number of carbonyl (C=O) groups excluding carboxylic acids is 1. The van der Waals surface area contributed by atoms with Crippen LogP contribution in [0.1, 0.15) is 12.5 Å². The minimum Gasteiger partial charge on any atom is -0.494 e. The summed E-state index contributed by atoms with van der Waals surface area (Å²) < 4.78 is 10.5. The van der Waals surface area contributed by atoms with E-state index in [4.69, 9.17) is 9.47 Å². The first-order valence-electron chi connectivity index (χ1n) is 6.46. The lowest BCUT2D eigenvalue weighted by Gasteiger charge is -2.02. The topological polar surface area (TPSA) is 35.5 Å². The maximum atomic E-state index is 11.6. The molecule has 3 heteroatoms. The molecule has 2 aromatic rings. The molecule has 0 saturated carbocycles. The summed E-state index contributed by atoms with van der Waals surface area (Å²) in [5.74, 6) is 0.954. The molecule has 20 heavy (non-hydrogen) atoms. The molecule has 0 aliphatic heterocycles. The fourth-order valence-electron chi connectivity index (χ4n) is 1.64. The molecule has 0 unspecified atom stereocenters. The number of rotatable bonds is 5. The predicted octanol–water partition coefficient (Wildman–Crippen LogP) is 3.70. The van der Waals surface area contributed by atoms with E-state index in [-0.39, 0.29) is 0 Å². The van der Waals surface area contributed by atoms with Crippen molar-refractivity contribution in [3.05, 3.63) is 66.2 Å². The van der Waals surface area contributed by atoms with Crippen molar-refractivity contribution in [1.29, 1.82) is 0 Å².